The van der Waals surface area contributed by atoms with Crippen LogP contribution in [0, 0.1) is 17.8 Å². The molecule has 2 fully saturated rings. The fourth-order valence-corrected chi connectivity index (χ4v) is 9.91. The Bertz CT molecular complexity index is 2720. The molecule has 3 aromatic carbocycles. The summed E-state index contributed by atoms with van der Waals surface area (Å²) in [5.41, 5.74) is 6.50. The second kappa shape index (κ2) is 17.3. The van der Waals surface area contributed by atoms with Crippen molar-refractivity contribution in [3.8, 4) is 28.1 Å². The molecule has 1 unspecified atom stereocenters. The lowest BCUT2D eigenvalue weighted by Gasteiger charge is -2.33. The van der Waals surface area contributed by atoms with E-state index in [1.54, 1.807) is 17.2 Å². The number of fused-ring (bicyclic) bond motifs is 6. The van der Waals surface area contributed by atoms with E-state index in [-0.39, 0.29) is 47.7 Å². The highest BCUT2D eigenvalue weighted by Crippen LogP contribution is 2.44. The summed E-state index contributed by atoms with van der Waals surface area (Å²) in [7, 11) is 2.58. The molecular formula is C49H54N8O7. The topological polar surface area (TPSA) is 184 Å². The molecule has 7 atom stereocenters. The van der Waals surface area contributed by atoms with Gasteiger partial charge in [-0.1, -0.05) is 69.4 Å². The number of ether oxygens (including phenoxy) is 3. The van der Waals surface area contributed by atoms with Gasteiger partial charge in [-0.15, -0.1) is 6.58 Å². The van der Waals surface area contributed by atoms with Crippen molar-refractivity contribution in [1.82, 2.24) is 40.4 Å². The third-order valence-corrected chi connectivity index (χ3v) is 13.2. The number of hydrogen-bond acceptors (Lipinski definition) is 9. The first kappa shape index (κ1) is 42.4. The maximum atomic E-state index is 14.3. The van der Waals surface area contributed by atoms with E-state index in [0.717, 1.165) is 68.3 Å². The Morgan fingerprint density at radius 1 is 0.938 bits per heavy atom. The minimum Gasteiger partial charge on any atom is -0.488 e. The Morgan fingerprint density at radius 2 is 1.75 bits per heavy atom. The third kappa shape index (κ3) is 7.77. The number of benzene rings is 3. The molecule has 2 saturated heterocycles. The van der Waals surface area contributed by atoms with E-state index in [1.165, 1.54) is 14.2 Å². The number of hydrogen-bond donors (Lipinski definition) is 4. The van der Waals surface area contributed by atoms with Crippen LogP contribution in [0.2, 0.25) is 0 Å². The highest BCUT2D eigenvalue weighted by Gasteiger charge is 2.43. The number of amides is 4. The summed E-state index contributed by atoms with van der Waals surface area (Å²) >= 11 is 0. The van der Waals surface area contributed by atoms with Gasteiger partial charge in [-0.05, 0) is 83.9 Å². The summed E-state index contributed by atoms with van der Waals surface area (Å²) in [4.78, 5) is 73.5. The summed E-state index contributed by atoms with van der Waals surface area (Å²) in [5.74, 6) is 1.64. The van der Waals surface area contributed by atoms with Gasteiger partial charge in [0.15, 0.2) is 0 Å². The number of carbonyl (C=O) groups is 4. The zero-order chi connectivity index (χ0) is 44.8. The highest BCUT2D eigenvalue weighted by molar-refractivity contribution is 6.07. The van der Waals surface area contributed by atoms with Gasteiger partial charge in [-0.25, -0.2) is 19.6 Å². The van der Waals surface area contributed by atoms with Crippen LogP contribution in [0.3, 0.4) is 0 Å². The van der Waals surface area contributed by atoms with Gasteiger partial charge in [0.2, 0.25) is 11.8 Å². The number of alkyl carbamates (subject to hydrolysis) is 2. The number of aromatic nitrogens is 4. The number of aromatic amines is 2. The van der Waals surface area contributed by atoms with Gasteiger partial charge < -0.3 is 44.6 Å². The molecular weight excluding hydrogens is 813 g/mol. The summed E-state index contributed by atoms with van der Waals surface area (Å²) in [6.45, 7) is 10.8. The molecule has 64 heavy (non-hydrogen) atoms. The van der Waals surface area contributed by atoms with Gasteiger partial charge >= 0.3 is 12.2 Å². The van der Waals surface area contributed by atoms with E-state index in [0.29, 0.717) is 37.6 Å². The quantitative estimate of drug-likeness (QED) is 0.101. The molecule has 3 aliphatic heterocycles. The van der Waals surface area contributed by atoms with Gasteiger partial charge in [0.05, 0.1) is 55.3 Å². The van der Waals surface area contributed by atoms with E-state index in [9.17, 15) is 19.2 Å². The Morgan fingerprint density at radius 3 is 2.50 bits per heavy atom. The second-order valence-corrected chi connectivity index (χ2v) is 17.7. The molecule has 4 aliphatic rings. The zero-order valence-corrected chi connectivity index (χ0v) is 36.7. The van der Waals surface area contributed by atoms with Gasteiger partial charge in [0.25, 0.3) is 0 Å². The molecule has 15 nitrogen and oxygen atoms in total. The lowest BCUT2D eigenvalue weighted by molar-refractivity contribution is -0.137. The van der Waals surface area contributed by atoms with Crippen LogP contribution in [0.4, 0.5) is 9.59 Å². The van der Waals surface area contributed by atoms with Crippen molar-refractivity contribution >= 4 is 45.8 Å². The van der Waals surface area contributed by atoms with E-state index >= 15 is 0 Å². The number of H-pyrrole nitrogens is 2. The second-order valence-electron chi connectivity index (χ2n) is 17.7. The molecule has 0 saturated carbocycles. The fourth-order valence-electron chi connectivity index (χ4n) is 9.91. The van der Waals surface area contributed by atoms with E-state index in [1.807, 2.05) is 49.1 Å². The minimum atomic E-state index is -0.779. The standard InChI is InChI=1S/C49H54N8O7/c1-7-32-15-18-38(57(32)47(59)41(26(2)3)54-48(60)62-5)44-50-23-37(52-44)30-13-16-33-31(20-30)25-64-40-22-34-29(21-35(33)40)14-17-36-43(34)53-45(51-36)39-19-27(4)24-56(39)46(58)42(55-49(61)63-6)28-11-9-8-10-12-28/h7-11,13-14,16-17,20-23,26-28,32,38-39,41-42H,1,12,15,18-19,24-25H2,2-6H3,(H,50,52)(H,51,53)(H,54,60)(H,55,61)/t27-,28?,32-,38-,39-,41-,42+/m0/s1. The Labute approximate surface area is 371 Å². The molecule has 5 heterocycles. The van der Waals surface area contributed by atoms with E-state index in [2.05, 4.69) is 70.5 Å². The normalized spacial score (nSPS) is 22.2. The average molecular weight is 867 g/mol. The van der Waals surface area contributed by atoms with Crippen LogP contribution < -0.4 is 15.4 Å². The fraction of sp³-hybridized carbons (Fsp3) is 0.388. The van der Waals surface area contributed by atoms with Gasteiger partial charge in [-0.2, -0.15) is 0 Å². The molecule has 2 aromatic heterocycles. The molecule has 15 heteroatoms. The average Bonchev–Trinajstić information content (AvgIpc) is 4.14. The first-order valence-corrected chi connectivity index (χ1v) is 22.0. The first-order valence-electron chi connectivity index (χ1n) is 22.0. The lowest BCUT2D eigenvalue weighted by atomic mass is 9.91. The summed E-state index contributed by atoms with van der Waals surface area (Å²) in [6, 6.07) is 12.2. The maximum absolute atomic E-state index is 14.3. The van der Waals surface area contributed by atoms with E-state index < -0.39 is 24.3 Å². The summed E-state index contributed by atoms with van der Waals surface area (Å²) < 4.78 is 16.2. The van der Waals surface area contributed by atoms with Crippen molar-refractivity contribution in [2.45, 2.75) is 83.3 Å². The van der Waals surface area contributed by atoms with Crippen LogP contribution in [0.15, 0.2) is 85.6 Å². The van der Waals surface area contributed by atoms with Crippen LogP contribution in [-0.4, -0.2) is 92.6 Å². The number of allylic oxidation sites excluding steroid dienone is 3. The molecule has 0 bridgehead atoms. The predicted molar refractivity (Wildman–Crippen MR) is 242 cm³/mol. The van der Waals surface area contributed by atoms with Crippen molar-refractivity contribution in [3.05, 3.63) is 103 Å². The number of likely N-dealkylation sites (tertiary alicyclic amines) is 2. The molecule has 0 spiro atoms. The van der Waals surface area contributed by atoms with Crippen LogP contribution >= 0.6 is 0 Å². The maximum Gasteiger partial charge on any atom is 0.407 e. The largest absolute Gasteiger partial charge is 0.488 e. The van der Waals surface area contributed by atoms with Crippen LogP contribution in [0.1, 0.15) is 75.8 Å². The lowest BCUT2D eigenvalue weighted by Crippen LogP contribution is -2.52. The van der Waals surface area contributed by atoms with Crippen molar-refractivity contribution in [2.24, 2.45) is 17.8 Å². The zero-order valence-electron chi connectivity index (χ0n) is 36.7. The Kier molecular flexibility index (Phi) is 11.5. The van der Waals surface area contributed by atoms with Gasteiger partial charge in [0.1, 0.15) is 36.1 Å². The Balaban J connectivity index is 0.970. The summed E-state index contributed by atoms with van der Waals surface area (Å²) in [5, 5.41) is 7.48. The molecule has 0 radical (unpaired) electrons. The van der Waals surface area contributed by atoms with Crippen LogP contribution in [0.25, 0.3) is 44.2 Å². The molecule has 9 rings (SSSR count). The summed E-state index contributed by atoms with van der Waals surface area (Å²) in [6.07, 6.45) is 12.9. The van der Waals surface area contributed by atoms with Gasteiger partial charge in [0, 0.05) is 23.4 Å². The number of nitrogens with one attached hydrogen (secondary N) is 4. The number of nitrogens with zero attached hydrogens (tertiary/aromatic N) is 4. The van der Waals surface area contributed by atoms with Crippen molar-refractivity contribution in [1.29, 1.82) is 0 Å². The SMILES string of the molecule is C=C[C@H]1CC[C@@H](c2ncc(-c3ccc4c(c3)COc3cc5c(ccc6[nH]c([C@@H]7C[C@H](C)CN7C(=O)[C@H](NC(=O)OC)C7C=CC=CC7)nc65)cc3-4)[nH]2)N1C(=O)[C@@H](NC(=O)OC)C(C)C. The van der Waals surface area contributed by atoms with Crippen molar-refractivity contribution in [2.75, 3.05) is 20.8 Å². The number of methoxy groups -OCH3 is 2. The van der Waals surface area contributed by atoms with Gasteiger partial charge in [-0.3, -0.25) is 9.59 Å². The molecule has 1 aliphatic carbocycles. The first-order chi connectivity index (χ1) is 31.0. The molecule has 4 N–H and O–H groups in total. The van der Waals surface area contributed by atoms with Crippen LogP contribution in [-0.2, 0) is 25.7 Å². The number of imidazole rings is 2. The smallest absolute Gasteiger partial charge is 0.407 e. The predicted octanol–water partition coefficient (Wildman–Crippen LogP) is 8.03. The number of carbonyl (C=O) groups excluding carboxylic acids is 4. The third-order valence-electron chi connectivity index (χ3n) is 13.2. The monoisotopic (exact) mass is 866 g/mol. The Hall–Kier alpha value is -6.90. The van der Waals surface area contributed by atoms with Crippen molar-refractivity contribution in [3.63, 3.8) is 0 Å². The van der Waals surface area contributed by atoms with E-state index in [4.69, 9.17) is 24.2 Å². The number of rotatable bonds is 10. The molecule has 4 amide bonds. The minimum absolute atomic E-state index is 0.160. The van der Waals surface area contributed by atoms with Crippen LogP contribution in [0.5, 0.6) is 5.75 Å². The molecule has 332 valence electrons. The molecule has 5 aromatic rings. The van der Waals surface area contributed by atoms with Crippen molar-refractivity contribution < 1.29 is 33.4 Å². The highest BCUT2D eigenvalue weighted by atomic mass is 16.5.